The van der Waals surface area contributed by atoms with E-state index in [-0.39, 0.29) is 12.3 Å². The van der Waals surface area contributed by atoms with E-state index in [2.05, 4.69) is 49.6 Å². The molecule has 0 saturated carbocycles. The minimum atomic E-state index is -0.557. The fourth-order valence-electron chi connectivity index (χ4n) is 5.04. The van der Waals surface area contributed by atoms with Gasteiger partial charge in [-0.05, 0) is 30.3 Å². The number of ether oxygens (including phenoxy) is 1. The Labute approximate surface area is 211 Å². The van der Waals surface area contributed by atoms with Crippen LogP contribution in [0.2, 0.25) is 0 Å². The van der Waals surface area contributed by atoms with E-state index in [1.54, 1.807) is 28.9 Å². The highest BCUT2D eigenvalue weighted by atomic mass is 32.1. The van der Waals surface area contributed by atoms with E-state index in [1.807, 2.05) is 48.8 Å². The van der Waals surface area contributed by atoms with Crippen LogP contribution in [0.3, 0.4) is 0 Å². The number of nitrogens with zero attached hydrogens (tertiary/aromatic N) is 6. The van der Waals surface area contributed by atoms with Crippen molar-refractivity contribution >= 4 is 55.5 Å². The lowest BCUT2D eigenvalue weighted by molar-refractivity contribution is 0.111. The van der Waals surface area contributed by atoms with Gasteiger partial charge in [0, 0.05) is 29.4 Å². The molecule has 9 heteroatoms. The molecule has 2 aliphatic heterocycles. The summed E-state index contributed by atoms with van der Waals surface area (Å²) in [6, 6.07) is 7.78. The van der Waals surface area contributed by atoms with Gasteiger partial charge in [0.2, 0.25) is 6.23 Å². The Bertz CT molecular complexity index is 1460. The fourth-order valence-corrected chi connectivity index (χ4v) is 7.53. The van der Waals surface area contributed by atoms with Crippen molar-refractivity contribution in [3.63, 3.8) is 0 Å². The quantitative estimate of drug-likeness (QED) is 0.348. The molecule has 0 N–H and O–H groups in total. The molecule has 4 aromatic rings. The van der Waals surface area contributed by atoms with Crippen LogP contribution in [-0.4, -0.2) is 44.3 Å². The van der Waals surface area contributed by atoms with Crippen molar-refractivity contribution in [3.05, 3.63) is 58.8 Å². The van der Waals surface area contributed by atoms with Crippen LogP contribution in [-0.2, 0) is 15.6 Å². The Hall–Kier alpha value is -3.04. The predicted octanol–water partition coefficient (Wildman–Crippen LogP) is 5.72. The van der Waals surface area contributed by atoms with Crippen LogP contribution < -0.4 is 0 Å². The van der Waals surface area contributed by atoms with Gasteiger partial charge < -0.3 is 4.74 Å². The molecule has 0 fully saturated rings. The van der Waals surface area contributed by atoms with Gasteiger partial charge in [0.05, 0.1) is 5.41 Å². The summed E-state index contributed by atoms with van der Waals surface area (Å²) in [4.78, 5) is 30.7. The summed E-state index contributed by atoms with van der Waals surface area (Å²) in [6.45, 7) is 11.1. The molecular formula is C26H26N6OS2. The molecule has 178 valence electrons. The number of allylic oxidation sites excluding steroid dienone is 1. The van der Waals surface area contributed by atoms with Gasteiger partial charge in [-0.2, -0.15) is 0 Å². The van der Waals surface area contributed by atoms with E-state index < -0.39 is 16.2 Å². The molecule has 0 saturated heterocycles. The second kappa shape index (κ2) is 7.73. The maximum atomic E-state index is 6.39. The average Bonchev–Trinajstić information content (AvgIpc) is 3.59. The lowest BCUT2D eigenvalue weighted by Gasteiger charge is -2.51. The first kappa shape index (κ1) is 22.4. The molecule has 6 rings (SSSR count). The molecule has 3 unspecified atom stereocenters. The first-order valence-electron chi connectivity index (χ1n) is 11.6. The summed E-state index contributed by atoms with van der Waals surface area (Å²) in [5.41, 5.74) is 0.252. The van der Waals surface area contributed by atoms with E-state index in [4.69, 9.17) is 19.7 Å². The fraction of sp³-hybridized carbons (Fsp3) is 0.385. The molecule has 6 heterocycles. The van der Waals surface area contributed by atoms with E-state index >= 15 is 0 Å². The van der Waals surface area contributed by atoms with Gasteiger partial charge in [-0.1, -0.05) is 63.4 Å². The Kier molecular flexibility index (Phi) is 4.95. The molecule has 0 aliphatic carbocycles. The molecule has 0 spiro atoms. The predicted molar refractivity (Wildman–Crippen MR) is 143 cm³/mol. The van der Waals surface area contributed by atoms with Crippen molar-refractivity contribution in [3.8, 4) is 0 Å². The largest absolute Gasteiger partial charge is 0.453 e. The van der Waals surface area contributed by atoms with Crippen LogP contribution >= 0.6 is 22.7 Å². The van der Waals surface area contributed by atoms with Crippen LogP contribution in [0.4, 0.5) is 0 Å². The van der Waals surface area contributed by atoms with Gasteiger partial charge >= 0.3 is 0 Å². The number of pyridine rings is 2. The molecule has 7 nitrogen and oxygen atoms in total. The first-order chi connectivity index (χ1) is 16.7. The van der Waals surface area contributed by atoms with E-state index in [0.717, 1.165) is 30.7 Å². The normalized spacial score (nSPS) is 21.7. The second-order valence-electron chi connectivity index (χ2n) is 10.2. The molecule has 0 aromatic carbocycles. The third-order valence-electron chi connectivity index (χ3n) is 7.75. The standard InChI is InChI=1S/C26H26N6OS2/c1-24(2,21-30-15-9-6-12-27-18(15)33-21)26(5,23-32-17-11-8-14-29-20(17)35-23)25(3,4)22-31-16-10-7-13-28-19(16)34-22/h6-15,18H,1-5H3. The first-order valence-corrected chi connectivity index (χ1v) is 13.2. The Morgan fingerprint density at radius 3 is 2.09 bits per heavy atom. The number of dihydropyridines is 1. The number of fused-ring (bicyclic) bond motifs is 3. The Morgan fingerprint density at radius 2 is 1.46 bits per heavy atom. The van der Waals surface area contributed by atoms with Crippen LogP contribution in [0.15, 0.2) is 58.8 Å². The number of hydrogen-bond acceptors (Lipinski definition) is 9. The highest BCUT2D eigenvalue weighted by Crippen LogP contribution is 2.57. The van der Waals surface area contributed by atoms with Crippen molar-refractivity contribution in [2.45, 2.75) is 57.7 Å². The molecule has 4 aromatic heterocycles. The zero-order valence-corrected chi connectivity index (χ0v) is 21.9. The highest BCUT2D eigenvalue weighted by Gasteiger charge is 2.60. The topological polar surface area (TPSA) is 85.5 Å². The number of thiazole rings is 2. The average molecular weight is 503 g/mol. The van der Waals surface area contributed by atoms with Gasteiger partial charge in [-0.15, -0.1) is 0 Å². The number of rotatable bonds is 5. The third-order valence-corrected chi connectivity index (χ3v) is 10.3. The lowest BCUT2D eigenvalue weighted by Crippen LogP contribution is -2.56. The van der Waals surface area contributed by atoms with E-state index in [0.29, 0.717) is 5.90 Å². The summed E-state index contributed by atoms with van der Waals surface area (Å²) >= 11 is 3.26. The number of hydrogen-bond donors (Lipinski definition) is 0. The maximum absolute atomic E-state index is 6.39. The Balaban J connectivity index is 1.56. The minimum absolute atomic E-state index is 0.106. The van der Waals surface area contributed by atoms with Crippen molar-refractivity contribution in [2.24, 2.45) is 15.4 Å². The van der Waals surface area contributed by atoms with Gasteiger partial charge in [0.25, 0.3) is 0 Å². The molecular weight excluding hydrogens is 476 g/mol. The van der Waals surface area contributed by atoms with Crippen molar-refractivity contribution in [2.75, 3.05) is 0 Å². The molecule has 0 bridgehead atoms. The monoisotopic (exact) mass is 502 g/mol. The molecule has 0 radical (unpaired) electrons. The van der Waals surface area contributed by atoms with Crippen molar-refractivity contribution in [1.82, 2.24) is 19.9 Å². The minimum Gasteiger partial charge on any atom is -0.453 e. The van der Waals surface area contributed by atoms with Crippen LogP contribution in [0, 0.1) is 5.41 Å². The summed E-state index contributed by atoms with van der Waals surface area (Å²) in [7, 11) is 0. The zero-order valence-electron chi connectivity index (χ0n) is 20.3. The molecule has 0 amide bonds. The van der Waals surface area contributed by atoms with Gasteiger partial charge in [-0.25, -0.2) is 29.9 Å². The van der Waals surface area contributed by atoms with Gasteiger partial charge in [-0.3, -0.25) is 0 Å². The second-order valence-corrected chi connectivity index (χ2v) is 12.1. The van der Waals surface area contributed by atoms with E-state index in [9.17, 15) is 0 Å². The van der Waals surface area contributed by atoms with E-state index in [1.165, 1.54) is 0 Å². The van der Waals surface area contributed by atoms with Gasteiger partial charge in [0.15, 0.2) is 5.90 Å². The maximum Gasteiger partial charge on any atom is 0.216 e. The highest BCUT2D eigenvalue weighted by molar-refractivity contribution is 7.19. The van der Waals surface area contributed by atoms with Gasteiger partial charge in [0.1, 0.15) is 36.8 Å². The summed E-state index contributed by atoms with van der Waals surface area (Å²) < 4.78 is 6.39. The summed E-state index contributed by atoms with van der Waals surface area (Å²) in [5, 5.41) is 1.98. The number of aliphatic imine (C=N–C) groups is 2. The third kappa shape index (κ3) is 3.21. The van der Waals surface area contributed by atoms with Crippen molar-refractivity contribution < 1.29 is 4.74 Å². The van der Waals surface area contributed by atoms with Crippen LogP contribution in [0.5, 0.6) is 0 Å². The molecule has 2 aliphatic rings. The Morgan fingerprint density at radius 1 is 0.829 bits per heavy atom. The van der Waals surface area contributed by atoms with Crippen LogP contribution in [0.1, 0.15) is 44.6 Å². The summed E-state index contributed by atoms with van der Waals surface area (Å²) in [5.74, 6) is 0.693. The SMILES string of the molecule is CC(C)(C1=NC2C=CC=NC2O1)C(C)(c1nc2cccnc2s1)C(C)(C)c1nc2cccnc2s1. The number of aromatic nitrogens is 4. The zero-order chi connectivity index (χ0) is 24.4. The van der Waals surface area contributed by atoms with Crippen molar-refractivity contribution in [1.29, 1.82) is 0 Å². The smallest absolute Gasteiger partial charge is 0.216 e. The lowest BCUT2D eigenvalue weighted by atomic mass is 9.54. The molecule has 35 heavy (non-hydrogen) atoms. The van der Waals surface area contributed by atoms with Crippen LogP contribution in [0.25, 0.3) is 20.7 Å². The molecule has 3 atom stereocenters. The summed E-state index contributed by atoms with van der Waals surface area (Å²) in [6.07, 6.45) is 9.07.